The van der Waals surface area contributed by atoms with Crippen molar-refractivity contribution in [2.75, 3.05) is 0 Å². The molecule has 0 saturated heterocycles. The van der Waals surface area contributed by atoms with Crippen LogP contribution < -0.4 is 5.73 Å². The molecule has 0 aliphatic rings. The zero-order valence-corrected chi connectivity index (χ0v) is 8.73. The van der Waals surface area contributed by atoms with Crippen molar-refractivity contribution >= 4 is 17.8 Å². The van der Waals surface area contributed by atoms with Gasteiger partial charge in [0.05, 0.1) is 0 Å². The minimum absolute atomic E-state index is 0.0632. The molecule has 15 heavy (non-hydrogen) atoms. The minimum Gasteiger partial charge on any atom is -0.481 e. The Balaban J connectivity index is 0. The van der Waals surface area contributed by atoms with Crippen LogP contribution in [0.3, 0.4) is 0 Å². The van der Waals surface area contributed by atoms with Crippen LogP contribution in [0.25, 0.3) is 0 Å². The van der Waals surface area contributed by atoms with Crippen molar-refractivity contribution in [3.8, 4) is 0 Å². The third-order valence-electron chi connectivity index (χ3n) is 1.28. The van der Waals surface area contributed by atoms with Crippen molar-refractivity contribution in [3.63, 3.8) is 0 Å². The molecule has 0 rings (SSSR count). The summed E-state index contributed by atoms with van der Waals surface area (Å²) >= 11 is 0. The van der Waals surface area contributed by atoms with Crippen molar-refractivity contribution in [1.82, 2.24) is 0 Å². The number of hydrogen-bond donors (Lipinski definition) is 3. The standard InChI is InChI=1S/C5H8O4.C4H9NO/c6-4(7)2-1-3-5(8)9;1-2-3-4(5)6/h1-3H2,(H,6,7)(H,8,9);2-3H2,1H3,(H2,5,6). The third kappa shape index (κ3) is 24.5. The van der Waals surface area contributed by atoms with Crippen molar-refractivity contribution in [1.29, 1.82) is 0 Å². The zero-order chi connectivity index (χ0) is 12.3. The van der Waals surface area contributed by atoms with Gasteiger partial charge in [-0.2, -0.15) is 0 Å². The maximum absolute atomic E-state index is 9.82. The molecule has 0 radical (unpaired) electrons. The molecule has 0 aliphatic carbocycles. The van der Waals surface area contributed by atoms with E-state index in [1.54, 1.807) is 0 Å². The average molecular weight is 219 g/mol. The number of carboxylic acid groups (broad SMARTS) is 2. The molecule has 0 aromatic heterocycles. The lowest BCUT2D eigenvalue weighted by Crippen LogP contribution is -2.08. The van der Waals surface area contributed by atoms with E-state index in [1.165, 1.54) is 0 Å². The molecule has 0 unspecified atom stereocenters. The van der Waals surface area contributed by atoms with E-state index >= 15 is 0 Å². The van der Waals surface area contributed by atoms with E-state index in [0.29, 0.717) is 6.42 Å². The van der Waals surface area contributed by atoms with E-state index in [-0.39, 0.29) is 25.2 Å². The molecule has 0 aromatic carbocycles. The number of aliphatic carboxylic acids is 2. The summed E-state index contributed by atoms with van der Waals surface area (Å²) in [4.78, 5) is 29.4. The van der Waals surface area contributed by atoms with E-state index < -0.39 is 11.9 Å². The Bertz CT molecular complexity index is 201. The second-order valence-electron chi connectivity index (χ2n) is 2.86. The van der Waals surface area contributed by atoms with Crippen LogP contribution in [-0.4, -0.2) is 28.1 Å². The van der Waals surface area contributed by atoms with Gasteiger partial charge in [-0.3, -0.25) is 14.4 Å². The van der Waals surface area contributed by atoms with Crippen LogP contribution in [0, 0.1) is 0 Å². The maximum Gasteiger partial charge on any atom is 0.303 e. The first-order valence-electron chi connectivity index (χ1n) is 4.62. The van der Waals surface area contributed by atoms with E-state index in [2.05, 4.69) is 0 Å². The lowest BCUT2D eigenvalue weighted by molar-refractivity contribution is -0.138. The molecule has 0 aromatic rings. The molecule has 0 fully saturated rings. The van der Waals surface area contributed by atoms with Gasteiger partial charge in [0.25, 0.3) is 0 Å². The van der Waals surface area contributed by atoms with Gasteiger partial charge in [-0.25, -0.2) is 0 Å². The topological polar surface area (TPSA) is 118 Å². The van der Waals surface area contributed by atoms with E-state index in [1.807, 2.05) is 6.92 Å². The summed E-state index contributed by atoms with van der Waals surface area (Å²) in [5, 5.41) is 16.1. The van der Waals surface area contributed by atoms with Gasteiger partial charge in [0.1, 0.15) is 0 Å². The summed E-state index contributed by atoms with van der Waals surface area (Å²) in [6.07, 6.45) is 1.46. The molecular formula is C9H17NO5. The fraction of sp³-hybridized carbons (Fsp3) is 0.667. The van der Waals surface area contributed by atoms with E-state index in [9.17, 15) is 14.4 Å². The van der Waals surface area contributed by atoms with Gasteiger partial charge < -0.3 is 15.9 Å². The highest BCUT2D eigenvalue weighted by molar-refractivity contribution is 5.73. The van der Waals surface area contributed by atoms with Crippen LogP contribution in [0.2, 0.25) is 0 Å². The minimum atomic E-state index is -0.948. The first kappa shape index (κ1) is 15.9. The van der Waals surface area contributed by atoms with Gasteiger partial charge in [0.2, 0.25) is 5.91 Å². The van der Waals surface area contributed by atoms with Gasteiger partial charge in [-0.1, -0.05) is 6.92 Å². The third-order valence-corrected chi connectivity index (χ3v) is 1.28. The van der Waals surface area contributed by atoms with Crippen molar-refractivity contribution in [3.05, 3.63) is 0 Å². The first-order valence-corrected chi connectivity index (χ1v) is 4.62. The molecule has 0 heterocycles. The fourth-order valence-corrected chi connectivity index (χ4v) is 0.637. The Morgan fingerprint density at radius 1 is 1.00 bits per heavy atom. The molecule has 88 valence electrons. The first-order chi connectivity index (χ1) is 6.90. The van der Waals surface area contributed by atoms with Gasteiger partial charge in [0, 0.05) is 19.3 Å². The Kier molecular flexibility index (Phi) is 11.1. The van der Waals surface area contributed by atoms with Gasteiger partial charge in [0.15, 0.2) is 0 Å². The van der Waals surface area contributed by atoms with Gasteiger partial charge in [-0.05, 0) is 12.8 Å². The van der Waals surface area contributed by atoms with Crippen LogP contribution in [0.4, 0.5) is 0 Å². The molecule has 1 amide bonds. The number of hydrogen-bond acceptors (Lipinski definition) is 3. The molecule has 6 nitrogen and oxygen atoms in total. The van der Waals surface area contributed by atoms with Gasteiger partial charge in [-0.15, -0.1) is 0 Å². The average Bonchev–Trinajstić information content (AvgIpc) is 2.03. The van der Waals surface area contributed by atoms with Crippen molar-refractivity contribution in [2.24, 2.45) is 5.73 Å². The number of nitrogens with two attached hydrogens (primary N) is 1. The molecule has 0 saturated carbocycles. The lowest BCUT2D eigenvalue weighted by Gasteiger charge is -1.89. The SMILES string of the molecule is CCCC(N)=O.O=C(O)CCCC(=O)O. The molecule has 0 spiro atoms. The highest BCUT2D eigenvalue weighted by Crippen LogP contribution is 1.93. The normalized spacial score (nSPS) is 8.60. The predicted molar refractivity (Wildman–Crippen MR) is 53.2 cm³/mol. The van der Waals surface area contributed by atoms with E-state index in [4.69, 9.17) is 15.9 Å². The van der Waals surface area contributed by atoms with Crippen LogP contribution in [-0.2, 0) is 14.4 Å². The molecule has 6 heteroatoms. The second kappa shape index (κ2) is 10.5. The Labute approximate surface area is 88.1 Å². The molecule has 0 aliphatic heterocycles. The Hall–Kier alpha value is -1.59. The fourth-order valence-electron chi connectivity index (χ4n) is 0.637. The van der Waals surface area contributed by atoms with E-state index in [0.717, 1.165) is 6.42 Å². The summed E-state index contributed by atoms with van der Waals surface area (Å²) in [5.41, 5.74) is 4.76. The lowest BCUT2D eigenvalue weighted by atomic mass is 10.2. The maximum atomic E-state index is 9.82. The summed E-state index contributed by atoms with van der Waals surface area (Å²) in [6, 6.07) is 0. The number of carboxylic acids is 2. The largest absolute Gasteiger partial charge is 0.481 e. The predicted octanol–water partition coefficient (Wildman–Crippen LogP) is 0.598. The summed E-state index contributed by atoms with van der Waals surface area (Å²) in [5.74, 6) is -2.11. The van der Waals surface area contributed by atoms with Crippen molar-refractivity contribution < 1.29 is 24.6 Å². The molecular weight excluding hydrogens is 202 g/mol. The molecule has 0 bridgehead atoms. The van der Waals surface area contributed by atoms with Gasteiger partial charge >= 0.3 is 11.9 Å². The van der Waals surface area contributed by atoms with Crippen molar-refractivity contribution in [2.45, 2.75) is 39.0 Å². The number of amides is 1. The number of primary amides is 1. The summed E-state index contributed by atoms with van der Waals surface area (Å²) in [7, 11) is 0. The Morgan fingerprint density at radius 2 is 1.40 bits per heavy atom. The smallest absolute Gasteiger partial charge is 0.303 e. The van der Waals surface area contributed by atoms with Crippen LogP contribution in [0.5, 0.6) is 0 Å². The Morgan fingerprint density at radius 3 is 1.53 bits per heavy atom. The number of rotatable bonds is 6. The van der Waals surface area contributed by atoms with Crippen LogP contribution in [0.15, 0.2) is 0 Å². The summed E-state index contributed by atoms with van der Waals surface area (Å²) < 4.78 is 0. The number of carbonyl (C=O) groups excluding carboxylic acids is 1. The van der Waals surface area contributed by atoms with Crippen LogP contribution >= 0.6 is 0 Å². The quantitative estimate of drug-likeness (QED) is 0.604. The second-order valence-corrected chi connectivity index (χ2v) is 2.86. The highest BCUT2D eigenvalue weighted by atomic mass is 16.4. The highest BCUT2D eigenvalue weighted by Gasteiger charge is 1.99. The number of carbonyl (C=O) groups is 3. The molecule has 4 N–H and O–H groups in total. The molecule has 0 atom stereocenters. The van der Waals surface area contributed by atoms with Crippen LogP contribution in [0.1, 0.15) is 39.0 Å². The monoisotopic (exact) mass is 219 g/mol. The summed E-state index contributed by atoms with van der Waals surface area (Å²) in [6.45, 7) is 1.92. The zero-order valence-electron chi connectivity index (χ0n) is 8.73.